The quantitative estimate of drug-likeness (QED) is 0.424. The van der Waals surface area contributed by atoms with Crippen LogP contribution in [0.1, 0.15) is 17.0 Å². The molecular weight excluding hydrogens is 483 g/mol. The van der Waals surface area contributed by atoms with Crippen LogP contribution in [0.15, 0.2) is 66.1 Å². The van der Waals surface area contributed by atoms with Crippen LogP contribution in [-0.2, 0) is 9.53 Å². The Balaban J connectivity index is 0.00000306. The lowest BCUT2D eigenvalue weighted by Crippen LogP contribution is -3.00. The summed E-state index contributed by atoms with van der Waals surface area (Å²) in [6, 6.07) is 17.0. The molecule has 8 heteroatoms. The molecule has 33 heavy (non-hydrogen) atoms. The van der Waals surface area contributed by atoms with Gasteiger partial charge in [0.2, 0.25) is 5.88 Å². The van der Waals surface area contributed by atoms with E-state index in [1.807, 2.05) is 63.6 Å². The molecule has 0 amide bonds. The second kappa shape index (κ2) is 9.82. The summed E-state index contributed by atoms with van der Waals surface area (Å²) in [6.45, 7) is 0.911. The van der Waals surface area contributed by atoms with Crippen molar-refractivity contribution >= 4 is 39.9 Å². The van der Waals surface area contributed by atoms with Gasteiger partial charge in [-0.15, -0.1) is 0 Å². The lowest BCUT2D eigenvalue weighted by atomic mass is 9.80. The summed E-state index contributed by atoms with van der Waals surface area (Å²) >= 11 is 12.8. The van der Waals surface area contributed by atoms with Crippen LogP contribution in [0.3, 0.4) is 0 Å². The van der Waals surface area contributed by atoms with E-state index < -0.39 is 11.9 Å². The van der Waals surface area contributed by atoms with Gasteiger partial charge >= 0.3 is 5.97 Å². The largest absolute Gasteiger partial charge is 1.00 e. The molecule has 0 spiro atoms. The van der Waals surface area contributed by atoms with E-state index in [-0.39, 0.29) is 30.5 Å². The average molecular weight is 508 g/mol. The van der Waals surface area contributed by atoms with E-state index in [0.717, 1.165) is 16.3 Å². The van der Waals surface area contributed by atoms with Crippen molar-refractivity contribution in [1.29, 1.82) is 0 Å². The molecule has 4 rings (SSSR count). The molecule has 0 radical (unpaired) electrons. The fourth-order valence-electron chi connectivity index (χ4n) is 3.88. The summed E-state index contributed by atoms with van der Waals surface area (Å²) in [6.07, 6.45) is 0. The molecule has 0 saturated heterocycles. The number of nitrogens with zero attached hydrogens (tertiary/aromatic N) is 1. The average Bonchev–Trinajstić information content (AvgIpc) is 2.71. The number of carbonyl (C=O) groups is 1. The van der Waals surface area contributed by atoms with Gasteiger partial charge in [-0.25, -0.2) is 4.79 Å². The van der Waals surface area contributed by atoms with E-state index in [4.69, 9.17) is 38.4 Å². The van der Waals surface area contributed by atoms with Gasteiger partial charge in [0.15, 0.2) is 0 Å². The number of hydrogen-bond acceptors (Lipinski definition) is 4. The molecule has 1 atom stereocenters. The van der Waals surface area contributed by atoms with Crippen molar-refractivity contribution in [3.8, 4) is 5.75 Å². The van der Waals surface area contributed by atoms with E-state index in [0.29, 0.717) is 32.4 Å². The van der Waals surface area contributed by atoms with E-state index in [2.05, 4.69) is 0 Å². The molecule has 174 valence electrons. The number of nitrogens with two attached hydrogens (primary N) is 1. The van der Waals surface area contributed by atoms with E-state index in [1.54, 1.807) is 12.1 Å². The SMILES string of the molecule is C[N+](C)(C)CCOC(=O)C1=C(N)Oc2ccc3ccccc3c2C1c1ccc(Cl)cc1Cl.[Cl-]. The number of halogens is 3. The van der Waals surface area contributed by atoms with Crippen molar-refractivity contribution in [3.63, 3.8) is 0 Å². The normalized spacial score (nSPS) is 15.5. The first kappa shape index (κ1) is 25.2. The molecule has 5 nitrogen and oxygen atoms in total. The summed E-state index contributed by atoms with van der Waals surface area (Å²) in [4.78, 5) is 13.3. The van der Waals surface area contributed by atoms with Gasteiger partial charge in [0.05, 0.1) is 27.1 Å². The molecule has 1 aliphatic rings. The Hall–Kier alpha value is -2.44. The van der Waals surface area contributed by atoms with E-state index in [9.17, 15) is 4.79 Å². The van der Waals surface area contributed by atoms with Crippen LogP contribution >= 0.6 is 23.2 Å². The van der Waals surface area contributed by atoms with E-state index in [1.165, 1.54) is 0 Å². The number of likely N-dealkylation sites (N-methyl/N-ethyl adjacent to an activating group) is 1. The lowest BCUT2D eigenvalue weighted by molar-refractivity contribution is -0.870. The molecule has 3 aromatic carbocycles. The molecule has 0 fully saturated rings. The fraction of sp³-hybridized carbons (Fsp3) is 0.240. The Morgan fingerprint density at radius 2 is 1.82 bits per heavy atom. The molecule has 0 saturated carbocycles. The van der Waals surface area contributed by atoms with Crippen molar-refractivity contribution in [1.82, 2.24) is 0 Å². The minimum atomic E-state index is -0.564. The van der Waals surface area contributed by atoms with Crippen LogP contribution in [0.2, 0.25) is 10.0 Å². The first-order valence-corrected chi connectivity index (χ1v) is 11.0. The zero-order valence-corrected chi connectivity index (χ0v) is 20.8. The third-order valence-corrected chi connectivity index (χ3v) is 6.04. The summed E-state index contributed by atoms with van der Waals surface area (Å²) in [7, 11) is 6.09. The van der Waals surface area contributed by atoms with Crippen molar-refractivity contribution in [2.75, 3.05) is 34.3 Å². The molecule has 1 heterocycles. The Bertz CT molecular complexity index is 1240. The number of esters is 1. The second-order valence-corrected chi connectivity index (χ2v) is 9.67. The molecule has 0 aromatic heterocycles. The number of rotatable bonds is 5. The van der Waals surface area contributed by atoms with Crippen molar-refractivity contribution < 1.29 is 31.2 Å². The van der Waals surface area contributed by atoms with Crippen LogP contribution in [0.4, 0.5) is 0 Å². The number of hydrogen-bond donors (Lipinski definition) is 1. The second-order valence-electron chi connectivity index (χ2n) is 8.83. The molecule has 1 unspecified atom stereocenters. The van der Waals surface area contributed by atoms with E-state index >= 15 is 0 Å². The first-order valence-electron chi connectivity index (χ1n) is 10.3. The summed E-state index contributed by atoms with van der Waals surface area (Å²) in [5, 5.41) is 2.91. The Morgan fingerprint density at radius 3 is 2.52 bits per heavy atom. The van der Waals surface area contributed by atoms with Crippen LogP contribution in [0.25, 0.3) is 10.8 Å². The number of quaternary nitrogens is 1. The number of fused-ring (bicyclic) bond motifs is 3. The van der Waals surface area contributed by atoms with Gasteiger partial charge in [-0.3, -0.25) is 0 Å². The summed E-state index contributed by atoms with van der Waals surface area (Å²) < 4.78 is 12.2. The van der Waals surface area contributed by atoms with Crippen molar-refractivity contribution in [2.45, 2.75) is 5.92 Å². The first-order chi connectivity index (χ1) is 15.2. The molecule has 0 bridgehead atoms. The smallest absolute Gasteiger partial charge is 0.340 e. The van der Waals surface area contributed by atoms with Gasteiger partial charge in [0.1, 0.15) is 24.5 Å². The summed E-state index contributed by atoms with van der Waals surface area (Å²) in [5.41, 5.74) is 8.05. The van der Waals surface area contributed by atoms with Gasteiger partial charge in [-0.1, -0.05) is 59.6 Å². The highest BCUT2D eigenvalue weighted by atomic mass is 35.5. The number of benzene rings is 3. The van der Waals surface area contributed by atoms with Gasteiger partial charge in [-0.2, -0.15) is 0 Å². The van der Waals surface area contributed by atoms with Gasteiger partial charge in [0.25, 0.3) is 0 Å². The minimum absolute atomic E-state index is 0. The molecule has 3 aromatic rings. The number of carbonyl (C=O) groups excluding carboxylic acids is 1. The van der Waals surface area contributed by atoms with Crippen LogP contribution < -0.4 is 22.9 Å². The molecule has 0 aliphatic carbocycles. The molecule has 1 aliphatic heterocycles. The standard InChI is InChI=1S/C25H24Cl2N2O3.ClH/c1-29(2,3)12-13-31-25(30)23-22(18-10-9-16(26)14-19(18)27)21-17-7-5-4-6-15(17)8-11-20(21)32-24(23)28;/h4-11,14,22H,12-13H2,1-3H3,(H-,28,30);1H. The van der Waals surface area contributed by atoms with Gasteiger partial charge in [-0.05, 0) is 34.5 Å². The third kappa shape index (κ3) is 5.22. The monoisotopic (exact) mass is 506 g/mol. The zero-order chi connectivity index (χ0) is 23.0. The Morgan fingerprint density at radius 1 is 1.09 bits per heavy atom. The van der Waals surface area contributed by atoms with Crippen LogP contribution in [0.5, 0.6) is 5.75 Å². The van der Waals surface area contributed by atoms with Gasteiger partial charge in [0, 0.05) is 15.6 Å². The lowest BCUT2D eigenvalue weighted by Gasteiger charge is -2.30. The topological polar surface area (TPSA) is 61.5 Å². The third-order valence-electron chi connectivity index (χ3n) is 5.48. The fourth-order valence-corrected chi connectivity index (χ4v) is 4.40. The zero-order valence-electron chi connectivity index (χ0n) is 18.6. The predicted octanol–water partition coefficient (Wildman–Crippen LogP) is 2.09. The highest BCUT2D eigenvalue weighted by Crippen LogP contribution is 2.48. The summed E-state index contributed by atoms with van der Waals surface area (Å²) in [5.74, 6) is -0.490. The van der Waals surface area contributed by atoms with Crippen molar-refractivity contribution in [3.05, 3.63) is 87.2 Å². The number of ether oxygens (including phenoxy) is 2. The van der Waals surface area contributed by atoms with Crippen LogP contribution in [0, 0.1) is 0 Å². The predicted molar refractivity (Wildman–Crippen MR) is 128 cm³/mol. The maximum Gasteiger partial charge on any atom is 0.340 e. The minimum Gasteiger partial charge on any atom is -1.00 e. The molecule has 2 N–H and O–H groups in total. The highest BCUT2D eigenvalue weighted by molar-refractivity contribution is 6.35. The van der Waals surface area contributed by atoms with Gasteiger partial charge < -0.3 is 32.1 Å². The maximum atomic E-state index is 13.3. The maximum absolute atomic E-state index is 13.3. The van der Waals surface area contributed by atoms with Crippen molar-refractivity contribution in [2.24, 2.45) is 5.73 Å². The van der Waals surface area contributed by atoms with Crippen LogP contribution in [-0.4, -0.2) is 44.7 Å². The Kier molecular flexibility index (Phi) is 7.49. The Labute approximate surface area is 209 Å². The molecular formula is C25H25Cl3N2O3. The highest BCUT2D eigenvalue weighted by Gasteiger charge is 2.38.